The summed E-state index contributed by atoms with van der Waals surface area (Å²) in [5, 5.41) is 0. The number of rotatable bonds is 4. The van der Waals surface area contributed by atoms with Crippen LogP contribution in [0.2, 0.25) is 0 Å². The Morgan fingerprint density at radius 2 is 1.14 bits per heavy atom. The Hall–Kier alpha value is -2.45. The predicted molar refractivity (Wildman–Crippen MR) is 106 cm³/mol. The van der Waals surface area contributed by atoms with Crippen molar-refractivity contribution in [1.29, 1.82) is 0 Å². The molecule has 4 heterocycles. The van der Waals surface area contributed by atoms with Crippen LogP contribution in [-0.4, -0.2) is 19.1 Å². The normalized spacial score (nSPS) is 11.3. The van der Waals surface area contributed by atoms with E-state index in [9.17, 15) is 0 Å². The van der Waals surface area contributed by atoms with Crippen molar-refractivity contribution in [3.05, 3.63) is 95.8 Å². The van der Waals surface area contributed by atoms with Crippen LogP contribution in [0.25, 0.3) is 11.6 Å². The van der Waals surface area contributed by atoms with Crippen LogP contribution in [-0.2, 0) is 26.5 Å². The quantitative estimate of drug-likeness (QED) is 0.349. The summed E-state index contributed by atoms with van der Waals surface area (Å²) in [6.07, 6.45) is 6.41. The Balaban J connectivity index is 0.00000225. The average molecular weight is 550 g/mol. The maximum Gasteiger partial charge on any atom is 2.00 e. The van der Waals surface area contributed by atoms with Gasteiger partial charge in [0.15, 0.2) is 0 Å². The zero-order valence-corrected chi connectivity index (χ0v) is 18.7. The van der Waals surface area contributed by atoms with Gasteiger partial charge in [-0.2, -0.15) is 12.1 Å². The number of aryl methyl sites for hydroxylation is 2. The molecular weight excluding hydrogens is 527 g/mol. The van der Waals surface area contributed by atoms with Gasteiger partial charge in [-0.25, -0.2) is 0 Å². The minimum Gasteiger partial charge on any atom is -0.433 e. The van der Waals surface area contributed by atoms with Crippen molar-refractivity contribution in [2.24, 2.45) is 0 Å². The smallest absolute Gasteiger partial charge is 0.433 e. The van der Waals surface area contributed by atoms with Crippen LogP contribution in [0.5, 0.6) is 0 Å². The van der Waals surface area contributed by atoms with Crippen molar-refractivity contribution in [2.45, 2.75) is 33.1 Å². The molecule has 0 aliphatic carbocycles. The fourth-order valence-corrected chi connectivity index (χ4v) is 3.23. The van der Waals surface area contributed by atoms with Crippen LogP contribution in [0.1, 0.15) is 36.6 Å². The molecule has 4 nitrogen and oxygen atoms in total. The summed E-state index contributed by atoms with van der Waals surface area (Å²) >= 11 is 0. The average Bonchev–Trinajstić information content (AvgIpc) is 3.30. The van der Waals surface area contributed by atoms with Gasteiger partial charge in [-0.1, -0.05) is 50.5 Å². The summed E-state index contributed by atoms with van der Waals surface area (Å²) in [5.41, 5.74) is 3.82. The van der Waals surface area contributed by atoms with Gasteiger partial charge in [0.05, 0.1) is 11.6 Å². The molecule has 0 aromatic carbocycles. The second-order valence-electron chi connectivity index (χ2n) is 7.27. The molecular formula is C23H22N4Pt. The number of hydrogen-bond donors (Lipinski definition) is 0. The van der Waals surface area contributed by atoms with Crippen molar-refractivity contribution in [3.63, 3.8) is 0 Å². The maximum atomic E-state index is 4.91. The van der Waals surface area contributed by atoms with Crippen LogP contribution < -0.4 is 0 Å². The number of hydrogen-bond acceptors (Lipinski definition) is 2. The van der Waals surface area contributed by atoms with E-state index in [0.29, 0.717) is 0 Å². The molecule has 144 valence electrons. The van der Waals surface area contributed by atoms with Gasteiger partial charge in [-0.05, 0) is 26.0 Å². The maximum absolute atomic E-state index is 4.91. The third kappa shape index (κ3) is 3.62. The van der Waals surface area contributed by atoms with Crippen molar-refractivity contribution < 1.29 is 21.1 Å². The molecule has 0 fully saturated rings. The monoisotopic (exact) mass is 549 g/mol. The molecule has 0 atom stereocenters. The summed E-state index contributed by atoms with van der Waals surface area (Å²) in [4.78, 5) is 9.82. The van der Waals surface area contributed by atoms with Gasteiger partial charge < -0.3 is 9.13 Å². The van der Waals surface area contributed by atoms with Crippen LogP contribution in [0.3, 0.4) is 0 Å². The van der Waals surface area contributed by atoms with Crippen molar-refractivity contribution in [3.8, 4) is 11.6 Å². The fraction of sp³-hybridized carbons (Fsp3) is 0.217. The number of aromatic nitrogens is 4. The molecule has 0 saturated carbocycles. The molecule has 0 unspecified atom stereocenters. The third-order valence-electron chi connectivity index (χ3n) is 4.97. The first kappa shape index (κ1) is 20.3. The topological polar surface area (TPSA) is 35.6 Å². The van der Waals surface area contributed by atoms with Crippen molar-refractivity contribution >= 4 is 0 Å². The molecule has 4 aromatic rings. The van der Waals surface area contributed by atoms with Gasteiger partial charge in [0.2, 0.25) is 0 Å². The van der Waals surface area contributed by atoms with Crippen LogP contribution >= 0.6 is 0 Å². The molecule has 0 saturated heterocycles. The molecule has 0 aliphatic heterocycles. The molecule has 5 heteroatoms. The predicted octanol–water partition coefficient (Wildman–Crippen LogP) is 4.60. The summed E-state index contributed by atoms with van der Waals surface area (Å²) < 4.78 is 3.95. The molecule has 0 N–H and O–H groups in total. The SMILES string of the molecule is Cc1cc[c-]n1-c1cccc(C(C)(C)c2cccc(-n3[c-]ccc3C)n2)n1.[Pt+2]. The summed E-state index contributed by atoms with van der Waals surface area (Å²) in [6, 6.07) is 20.1. The van der Waals surface area contributed by atoms with E-state index in [4.69, 9.17) is 9.97 Å². The fourth-order valence-electron chi connectivity index (χ4n) is 3.23. The Labute approximate surface area is 180 Å². The summed E-state index contributed by atoms with van der Waals surface area (Å²) in [6.45, 7) is 8.42. The first-order valence-corrected chi connectivity index (χ1v) is 9.05. The van der Waals surface area contributed by atoms with Gasteiger partial charge in [0.25, 0.3) is 0 Å². The second-order valence-corrected chi connectivity index (χ2v) is 7.27. The number of nitrogens with zero attached hydrogens (tertiary/aromatic N) is 4. The van der Waals surface area contributed by atoms with E-state index in [-0.39, 0.29) is 26.5 Å². The standard InChI is InChI=1S/C23H22N4.Pt/c1-17-9-7-15-26(17)21-13-5-11-19(24-21)23(3,4)20-12-6-14-22(25-20)27-16-8-10-18(27)2;/h5-14H,1-4H3;/q-2;+2. The molecule has 0 aliphatic rings. The first-order chi connectivity index (χ1) is 13.0. The zero-order valence-electron chi connectivity index (χ0n) is 16.4. The van der Waals surface area contributed by atoms with Gasteiger partial charge in [-0.15, -0.1) is 23.5 Å². The number of pyridine rings is 2. The second kappa shape index (κ2) is 7.89. The Kier molecular flexibility index (Phi) is 5.71. The molecule has 28 heavy (non-hydrogen) atoms. The first-order valence-electron chi connectivity index (χ1n) is 9.05. The Morgan fingerprint density at radius 1 is 0.714 bits per heavy atom. The summed E-state index contributed by atoms with van der Waals surface area (Å²) in [5.74, 6) is 1.74. The van der Waals surface area contributed by atoms with Crippen molar-refractivity contribution in [1.82, 2.24) is 19.1 Å². The van der Waals surface area contributed by atoms with Crippen LogP contribution in [0, 0.1) is 26.2 Å². The Bertz CT molecular complexity index is 1010. The van der Waals surface area contributed by atoms with E-state index in [0.717, 1.165) is 34.4 Å². The minimum atomic E-state index is -0.339. The molecule has 4 rings (SSSR count). The van der Waals surface area contributed by atoms with E-state index < -0.39 is 0 Å². The van der Waals surface area contributed by atoms with E-state index in [2.05, 4.69) is 52.2 Å². The zero-order chi connectivity index (χ0) is 19.0. The van der Waals surface area contributed by atoms with E-state index in [1.165, 1.54) is 0 Å². The molecule has 0 amide bonds. The Morgan fingerprint density at radius 3 is 1.50 bits per heavy atom. The molecule has 0 spiro atoms. The van der Waals surface area contributed by atoms with Gasteiger partial charge >= 0.3 is 21.1 Å². The van der Waals surface area contributed by atoms with E-state index in [1.54, 1.807) is 0 Å². The van der Waals surface area contributed by atoms with Gasteiger partial charge in [-0.3, -0.25) is 9.97 Å². The van der Waals surface area contributed by atoms with Crippen molar-refractivity contribution in [2.75, 3.05) is 0 Å². The van der Waals surface area contributed by atoms with Crippen LogP contribution in [0.4, 0.5) is 0 Å². The molecule has 0 radical (unpaired) electrons. The van der Waals surface area contributed by atoms with E-state index >= 15 is 0 Å². The van der Waals surface area contributed by atoms with Gasteiger partial charge in [0, 0.05) is 16.8 Å². The minimum absolute atomic E-state index is 0. The third-order valence-corrected chi connectivity index (χ3v) is 4.97. The molecule has 4 aromatic heterocycles. The van der Waals surface area contributed by atoms with Crippen LogP contribution in [0.15, 0.2) is 60.7 Å². The molecule has 0 bridgehead atoms. The largest absolute Gasteiger partial charge is 2.00 e. The summed E-state index contributed by atoms with van der Waals surface area (Å²) in [7, 11) is 0. The van der Waals surface area contributed by atoms with Gasteiger partial charge in [0.1, 0.15) is 0 Å². The van der Waals surface area contributed by atoms with E-state index in [1.807, 2.05) is 57.7 Å².